The number of rotatable bonds is 5. The maximum absolute atomic E-state index is 3.62. The van der Waals surface area contributed by atoms with Gasteiger partial charge >= 0.3 is 0 Å². The van der Waals surface area contributed by atoms with E-state index in [0.29, 0.717) is 0 Å². The minimum Gasteiger partial charge on any atom is -0.316 e. The van der Waals surface area contributed by atoms with Crippen LogP contribution in [0.15, 0.2) is 0 Å². The van der Waals surface area contributed by atoms with Crippen molar-refractivity contribution in [3.63, 3.8) is 0 Å². The van der Waals surface area contributed by atoms with Gasteiger partial charge in [0.1, 0.15) is 0 Å². The molecule has 0 amide bonds. The summed E-state index contributed by atoms with van der Waals surface area (Å²) in [5.74, 6) is 1.83. The number of likely N-dealkylation sites (tertiary alicyclic amines) is 1. The Hall–Kier alpha value is -0.120. The summed E-state index contributed by atoms with van der Waals surface area (Å²) in [4.78, 5) is 2.44. The molecule has 3 heteroatoms. The van der Waals surface area contributed by atoms with E-state index in [9.17, 15) is 0 Å². The molecule has 2 rings (SSSR count). The second-order valence-corrected chi connectivity index (χ2v) is 5.27. The van der Waals surface area contributed by atoms with Gasteiger partial charge in [-0.05, 0) is 70.9 Å². The molecule has 0 aromatic heterocycles. The quantitative estimate of drug-likeness (QED) is 0.650. The van der Waals surface area contributed by atoms with Gasteiger partial charge in [-0.3, -0.25) is 0 Å². The van der Waals surface area contributed by atoms with Crippen molar-refractivity contribution in [3.05, 3.63) is 0 Å². The fourth-order valence-electron chi connectivity index (χ4n) is 2.77. The minimum absolute atomic E-state index is 0.900. The first kappa shape index (κ1) is 11.4. The highest BCUT2D eigenvalue weighted by atomic mass is 15.1. The van der Waals surface area contributed by atoms with Crippen LogP contribution in [0.3, 0.4) is 0 Å². The SMILES string of the molecule is CN1CCC(CNCCC2CCNC2)C1. The molecular weight excluding hydrogens is 186 g/mol. The molecule has 0 aliphatic carbocycles. The Balaban J connectivity index is 1.48. The minimum atomic E-state index is 0.900. The smallest absolute Gasteiger partial charge is 0.00192 e. The first-order valence-electron chi connectivity index (χ1n) is 6.44. The van der Waals surface area contributed by atoms with E-state index in [4.69, 9.17) is 0 Å². The van der Waals surface area contributed by atoms with Crippen molar-refractivity contribution in [1.29, 1.82) is 0 Å². The van der Waals surface area contributed by atoms with E-state index < -0.39 is 0 Å². The van der Waals surface area contributed by atoms with Crippen molar-refractivity contribution in [1.82, 2.24) is 15.5 Å². The third-order valence-corrected chi connectivity index (χ3v) is 3.81. The Kier molecular flexibility index (Phi) is 4.42. The van der Waals surface area contributed by atoms with Gasteiger partial charge in [-0.2, -0.15) is 0 Å². The zero-order chi connectivity index (χ0) is 10.5. The summed E-state index contributed by atoms with van der Waals surface area (Å²) in [5.41, 5.74) is 0. The van der Waals surface area contributed by atoms with Crippen LogP contribution in [0.25, 0.3) is 0 Å². The number of nitrogens with one attached hydrogen (secondary N) is 2. The highest BCUT2D eigenvalue weighted by molar-refractivity contribution is 4.76. The lowest BCUT2D eigenvalue weighted by atomic mass is 10.0. The van der Waals surface area contributed by atoms with Gasteiger partial charge in [-0.25, -0.2) is 0 Å². The van der Waals surface area contributed by atoms with E-state index in [1.807, 2.05) is 0 Å². The standard InChI is InChI=1S/C12H25N3/c1-15-7-4-12(10-15)9-14-6-3-11-2-5-13-8-11/h11-14H,2-10H2,1H3. The van der Waals surface area contributed by atoms with Crippen molar-refractivity contribution in [2.75, 3.05) is 46.3 Å². The first-order chi connectivity index (χ1) is 7.34. The Bertz CT molecular complexity index is 178. The maximum Gasteiger partial charge on any atom is 0.00192 e. The molecule has 2 aliphatic rings. The lowest BCUT2D eigenvalue weighted by molar-refractivity contribution is 0.385. The predicted molar refractivity (Wildman–Crippen MR) is 64.1 cm³/mol. The molecule has 0 spiro atoms. The van der Waals surface area contributed by atoms with Crippen LogP contribution in [0.5, 0.6) is 0 Å². The van der Waals surface area contributed by atoms with Gasteiger partial charge < -0.3 is 15.5 Å². The molecule has 2 saturated heterocycles. The Morgan fingerprint density at radius 3 is 2.93 bits per heavy atom. The van der Waals surface area contributed by atoms with Gasteiger partial charge in [-0.15, -0.1) is 0 Å². The Morgan fingerprint density at radius 1 is 1.33 bits per heavy atom. The molecule has 0 radical (unpaired) electrons. The fraction of sp³-hybridized carbons (Fsp3) is 1.00. The summed E-state index contributed by atoms with van der Waals surface area (Å²) in [6, 6.07) is 0. The molecule has 88 valence electrons. The van der Waals surface area contributed by atoms with Crippen molar-refractivity contribution in [2.24, 2.45) is 11.8 Å². The predicted octanol–water partition coefficient (Wildman–Crippen LogP) is 0.527. The molecule has 2 heterocycles. The van der Waals surface area contributed by atoms with Gasteiger partial charge in [0.2, 0.25) is 0 Å². The third-order valence-electron chi connectivity index (χ3n) is 3.81. The summed E-state index contributed by atoms with van der Waals surface area (Å²) in [6.45, 7) is 7.50. The normalized spacial score (nSPS) is 32.6. The van der Waals surface area contributed by atoms with Gasteiger partial charge in [0.25, 0.3) is 0 Å². The van der Waals surface area contributed by atoms with E-state index in [2.05, 4.69) is 22.6 Å². The van der Waals surface area contributed by atoms with Crippen molar-refractivity contribution >= 4 is 0 Å². The lowest BCUT2D eigenvalue weighted by Gasteiger charge is -2.13. The number of hydrogen-bond donors (Lipinski definition) is 2. The van der Waals surface area contributed by atoms with E-state index in [-0.39, 0.29) is 0 Å². The third kappa shape index (κ3) is 3.74. The average Bonchev–Trinajstić information content (AvgIpc) is 2.84. The second kappa shape index (κ2) is 5.83. The van der Waals surface area contributed by atoms with Crippen LogP contribution < -0.4 is 10.6 Å². The molecule has 0 saturated carbocycles. The van der Waals surface area contributed by atoms with Gasteiger partial charge in [-0.1, -0.05) is 0 Å². The fourth-order valence-corrected chi connectivity index (χ4v) is 2.77. The van der Waals surface area contributed by atoms with Crippen LogP contribution in [0.2, 0.25) is 0 Å². The zero-order valence-electron chi connectivity index (χ0n) is 9.97. The van der Waals surface area contributed by atoms with E-state index in [0.717, 1.165) is 11.8 Å². The van der Waals surface area contributed by atoms with Gasteiger partial charge in [0.15, 0.2) is 0 Å². The van der Waals surface area contributed by atoms with Crippen LogP contribution in [0, 0.1) is 11.8 Å². The largest absolute Gasteiger partial charge is 0.316 e. The van der Waals surface area contributed by atoms with E-state index in [1.165, 1.54) is 58.5 Å². The molecule has 0 aromatic carbocycles. The Morgan fingerprint density at radius 2 is 2.27 bits per heavy atom. The monoisotopic (exact) mass is 211 g/mol. The first-order valence-corrected chi connectivity index (χ1v) is 6.44. The lowest BCUT2D eigenvalue weighted by Crippen LogP contribution is -2.27. The van der Waals surface area contributed by atoms with Crippen molar-refractivity contribution in [3.8, 4) is 0 Å². The van der Waals surface area contributed by atoms with Crippen molar-refractivity contribution in [2.45, 2.75) is 19.3 Å². The summed E-state index contributed by atoms with van der Waals surface area (Å²) in [5, 5.41) is 7.05. The molecule has 15 heavy (non-hydrogen) atoms. The Labute approximate surface area is 93.6 Å². The molecule has 2 N–H and O–H groups in total. The molecule has 3 nitrogen and oxygen atoms in total. The molecule has 2 fully saturated rings. The molecular formula is C12H25N3. The topological polar surface area (TPSA) is 27.3 Å². The maximum atomic E-state index is 3.62. The molecule has 2 unspecified atom stereocenters. The summed E-state index contributed by atoms with van der Waals surface area (Å²) < 4.78 is 0. The summed E-state index contributed by atoms with van der Waals surface area (Å²) in [6.07, 6.45) is 4.12. The second-order valence-electron chi connectivity index (χ2n) is 5.27. The summed E-state index contributed by atoms with van der Waals surface area (Å²) in [7, 11) is 2.23. The molecule has 2 atom stereocenters. The highest BCUT2D eigenvalue weighted by Crippen LogP contribution is 2.14. The van der Waals surface area contributed by atoms with Gasteiger partial charge in [0, 0.05) is 6.54 Å². The average molecular weight is 211 g/mol. The van der Waals surface area contributed by atoms with Crippen LogP contribution in [0.1, 0.15) is 19.3 Å². The van der Waals surface area contributed by atoms with Crippen LogP contribution >= 0.6 is 0 Å². The van der Waals surface area contributed by atoms with Crippen molar-refractivity contribution < 1.29 is 0 Å². The molecule has 0 bridgehead atoms. The number of hydrogen-bond acceptors (Lipinski definition) is 3. The highest BCUT2D eigenvalue weighted by Gasteiger charge is 2.19. The van der Waals surface area contributed by atoms with Gasteiger partial charge in [0.05, 0.1) is 0 Å². The molecule has 0 aromatic rings. The molecule has 2 aliphatic heterocycles. The van der Waals surface area contributed by atoms with Crippen LogP contribution in [-0.4, -0.2) is 51.2 Å². The summed E-state index contributed by atoms with van der Waals surface area (Å²) >= 11 is 0. The van der Waals surface area contributed by atoms with Crippen LogP contribution in [0.4, 0.5) is 0 Å². The van der Waals surface area contributed by atoms with Crippen LogP contribution in [-0.2, 0) is 0 Å². The van der Waals surface area contributed by atoms with E-state index in [1.54, 1.807) is 0 Å². The number of nitrogens with zero attached hydrogens (tertiary/aromatic N) is 1. The zero-order valence-corrected chi connectivity index (χ0v) is 9.97. The van der Waals surface area contributed by atoms with E-state index >= 15 is 0 Å².